The second-order valence-corrected chi connectivity index (χ2v) is 8.28. The molecule has 2 amide bonds. The van der Waals surface area contributed by atoms with Crippen LogP contribution in [0.1, 0.15) is 32.5 Å². The molecule has 1 aromatic heterocycles. The molecule has 2 N–H and O–H groups in total. The van der Waals surface area contributed by atoms with Crippen molar-refractivity contribution in [2.45, 2.75) is 13.8 Å². The van der Waals surface area contributed by atoms with Crippen molar-refractivity contribution < 1.29 is 33.5 Å². The third-order valence-corrected chi connectivity index (χ3v) is 6.04. The van der Waals surface area contributed by atoms with Crippen molar-refractivity contribution in [3.63, 3.8) is 0 Å². The van der Waals surface area contributed by atoms with Gasteiger partial charge in [0.1, 0.15) is 16.5 Å². The smallest absolute Gasteiger partial charge is 0.341 e. The summed E-state index contributed by atoms with van der Waals surface area (Å²) in [5.41, 5.74) is 0.363. The van der Waals surface area contributed by atoms with Crippen LogP contribution in [-0.4, -0.2) is 43.0 Å². The highest BCUT2D eigenvalue weighted by Crippen LogP contribution is 2.34. The Labute approximate surface area is 210 Å². The quantitative estimate of drug-likeness (QED) is 0.230. The molecule has 0 aliphatic heterocycles. The highest BCUT2D eigenvalue weighted by molar-refractivity contribution is 7.19. The number of non-ortho nitro benzene ring substituents is 1. The molecule has 188 valence electrons. The van der Waals surface area contributed by atoms with Crippen molar-refractivity contribution >= 4 is 45.5 Å². The zero-order valence-corrected chi connectivity index (χ0v) is 20.5. The molecule has 3 aromatic rings. The third kappa shape index (κ3) is 6.36. The summed E-state index contributed by atoms with van der Waals surface area (Å²) in [6, 6.07) is 12.1. The average Bonchev–Trinajstić information content (AvgIpc) is 3.19. The number of anilines is 2. The Morgan fingerprint density at radius 2 is 1.75 bits per heavy atom. The van der Waals surface area contributed by atoms with E-state index in [0.29, 0.717) is 17.1 Å². The normalized spacial score (nSPS) is 10.3. The van der Waals surface area contributed by atoms with Crippen LogP contribution in [0.15, 0.2) is 48.5 Å². The van der Waals surface area contributed by atoms with Crippen LogP contribution in [0.3, 0.4) is 0 Å². The van der Waals surface area contributed by atoms with Crippen LogP contribution in [-0.2, 0) is 9.53 Å². The molecule has 0 unspecified atom stereocenters. The molecule has 11 nitrogen and oxygen atoms in total. The van der Waals surface area contributed by atoms with Crippen LogP contribution in [0.25, 0.3) is 0 Å². The monoisotopic (exact) mass is 513 g/mol. The molecule has 0 fully saturated rings. The van der Waals surface area contributed by atoms with E-state index in [1.54, 1.807) is 38.1 Å². The second kappa shape index (κ2) is 11.8. The molecule has 0 atom stereocenters. The molecular formula is C24H23N3O8S. The predicted molar refractivity (Wildman–Crippen MR) is 133 cm³/mol. The first-order chi connectivity index (χ1) is 17.2. The number of carbonyl (C=O) groups excluding carboxylic acids is 3. The van der Waals surface area contributed by atoms with Gasteiger partial charge in [0, 0.05) is 17.8 Å². The standard InChI is InChI=1S/C24H23N3O8S/c1-4-34-24(30)20-14(2)21(22(29)25-15-6-5-7-16(12-15)27(31)32)36-23(20)26-19(28)13-35-18-10-8-17(33-3)9-11-18/h5-12H,4,13H2,1-3H3,(H,25,29)(H,26,28). The minimum Gasteiger partial charge on any atom is -0.497 e. The molecule has 0 radical (unpaired) electrons. The molecule has 1 heterocycles. The van der Waals surface area contributed by atoms with Gasteiger partial charge in [-0.15, -0.1) is 11.3 Å². The third-order valence-electron chi connectivity index (χ3n) is 4.83. The number of nitrogens with one attached hydrogen (secondary N) is 2. The van der Waals surface area contributed by atoms with Crippen molar-refractivity contribution in [3.05, 3.63) is 74.6 Å². The fourth-order valence-electron chi connectivity index (χ4n) is 3.14. The van der Waals surface area contributed by atoms with E-state index in [4.69, 9.17) is 14.2 Å². The first-order valence-electron chi connectivity index (χ1n) is 10.7. The molecule has 2 aromatic carbocycles. The van der Waals surface area contributed by atoms with Gasteiger partial charge in [0.25, 0.3) is 17.5 Å². The van der Waals surface area contributed by atoms with E-state index in [-0.39, 0.29) is 40.0 Å². The van der Waals surface area contributed by atoms with Gasteiger partial charge in [-0.1, -0.05) is 6.07 Å². The van der Waals surface area contributed by atoms with Crippen molar-refractivity contribution in [1.29, 1.82) is 0 Å². The number of amides is 2. The maximum Gasteiger partial charge on any atom is 0.341 e. The van der Waals surface area contributed by atoms with E-state index in [1.807, 2.05) is 0 Å². The van der Waals surface area contributed by atoms with Gasteiger partial charge in [-0.2, -0.15) is 0 Å². The van der Waals surface area contributed by atoms with Crippen LogP contribution < -0.4 is 20.1 Å². The fourth-order valence-corrected chi connectivity index (χ4v) is 4.24. The lowest BCUT2D eigenvalue weighted by atomic mass is 10.1. The molecule has 0 bridgehead atoms. The Morgan fingerprint density at radius 3 is 2.39 bits per heavy atom. The van der Waals surface area contributed by atoms with Crippen molar-refractivity contribution in [1.82, 2.24) is 0 Å². The minimum atomic E-state index is -0.702. The summed E-state index contributed by atoms with van der Waals surface area (Å²) >= 11 is 0.882. The second-order valence-electron chi connectivity index (χ2n) is 7.25. The highest BCUT2D eigenvalue weighted by atomic mass is 32.1. The number of carbonyl (C=O) groups is 3. The molecule has 0 saturated heterocycles. The number of ether oxygens (including phenoxy) is 3. The molecule has 12 heteroatoms. The molecule has 0 saturated carbocycles. The maximum absolute atomic E-state index is 12.9. The fraction of sp³-hybridized carbons (Fsp3) is 0.208. The lowest BCUT2D eigenvalue weighted by Gasteiger charge is -2.09. The summed E-state index contributed by atoms with van der Waals surface area (Å²) in [5, 5.41) is 16.3. The van der Waals surface area contributed by atoms with Gasteiger partial charge in [-0.05, 0) is 49.7 Å². The summed E-state index contributed by atoms with van der Waals surface area (Å²) in [4.78, 5) is 48.7. The predicted octanol–water partition coefficient (Wildman–Crippen LogP) is 4.42. The number of methoxy groups -OCH3 is 1. The largest absolute Gasteiger partial charge is 0.497 e. The van der Waals surface area contributed by atoms with Crippen molar-refractivity contribution in [2.75, 3.05) is 31.0 Å². The molecule has 3 rings (SSSR count). The van der Waals surface area contributed by atoms with Gasteiger partial charge in [-0.25, -0.2) is 4.79 Å². The summed E-state index contributed by atoms with van der Waals surface area (Å²) < 4.78 is 15.6. The Kier molecular flexibility index (Phi) is 8.57. The summed E-state index contributed by atoms with van der Waals surface area (Å²) in [7, 11) is 1.53. The molecule has 0 spiro atoms. The number of thiophene rings is 1. The van der Waals surface area contributed by atoms with E-state index in [2.05, 4.69) is 10.6 Å². The molecular weight excluding hydrogens is 490 g/mol. The van der Waals surface area contributed by atoms with Gasteiger partial charge in [0.05, 0.1) is 29.1 Å². The molecule has 0 aliphatic rings. The van der Waals surface area contributed by atoms with Crippen LogP contribution in [0.5, 0.6) is 11.5 Å². The van der Waals surface area contributed by atoms with E-state index >= 15 is 0 Å². The number of benzene rings is 2. The average molecular weight is 514 g/mol. The Hall–Kier alpha value is -4.45. The number of nitro benzene ring substituents is 1. The topological polar surface area (TPSA) is 146 Å². The van der Waals surface area contributed by atoms with E-state index in [0.717, 1.165) is 11.3 Å². The minimum absolute atomic E-state index is 0.0452. The Bertz CT molecular complexity index is 1290. The maximum atomic E-state index is 12.9. The molecule has 36 heavy (non-hydrogen) atoms. The van der Waals surface area contributed by atoms with Gasteiger partial charge < -0.3 is 24.8 Å². The number of hydrogen-bond acceptors (Lipinski definition) is 9. The highest BCUT2D eigenvalue weighted by Gasteiger charge is 2.27. The van der Waals surface area contributed by atoms with E-state index < -0.39 is 22.7 Å². The number of hydrogen-bond donors (Lipinski definition) is 2. The number of nitrogens with zero attached hydrogens (tertiary/aromatic N) is 1. The van der Waals surface area contributed by atoms with Crippen molar-refractivity contribution in [2.24, 2.45) is 0 Å². The SMILES string of the molecule is CCOC(=O)c1c(NC(=O)COc2ccc(OC)cc2)sc(C(=O)Nc2cccc([N+](=O)[O-])c2)c1C. The number of rotatable bonds is 10. The summed E-state index contributed by atoms with van der Waals surface area (Å²) in [6.45, 7) is 2.93. The summed E-state index contributed by atoms with van der Waals surface area (Å²) in [6.07, 6.45) is 0. The first-order valence-corrected chi connectivity index (χ1v) is 11.5. The molecule has 0 aliphatic carbocycles. The van der Waals surface area contributed by atoms with Gasteiger partial charge >= 0.3 is 5.97 Å². The van der Waals surface area contributed by atoms with Gasteiger partial charge in [-0.3, -0.25) is 19.7 Å². The van der Waals surface area contributed by atoms with Crippen LogP contribution in [0, 0.1) is 17.0 Å². The Morgan fingerprint density at radius 1 is 1.06 bits per heavy atom. The van der Waals surface area contributed by atoms with Gasteiger partial charge in [0.2, 0.25) is 0 Å². The zero-order chi connectivity index (χ0) is 26.2. The van der Waals surface area contributed by atoms with Crippen LogP contribution in [0.2, 0.25) is 0 Å². The number of nitro groups is 1. The van der Waals surface area contributed by atoms with Crippen LogP contribution >= 0.6 is 11.3 Å². The van der Waals surface area contributed by atoms with E-state index in [9.17, 15) is 24.5 Å². The first kappa shape index (κ1) is 26.2. The lowest BCUT2D eigenvalue weighted by molar-refractivity contribution is -0.384. The van der Waals surface area contributed by atoms with Crippen molar-refractivity contribution in [3.8, 4) is 11.5 Å². The van der Waals surface area contributed by atoms with E-state index in [1.165, 1.54) is 31.4 Å². The zero-order valence-electron chi connectivity index (χ0n) is 19.7. The lowest BCUT2D eigenvalue weighted by Crippen LogP contribution is -2.21. The Balaban J connectivity index is 1.79. The summed E-state index contributed by atoms with van der Waals surface area (Å²) in [5.74, 6) is -0.777. The van der Waals surface area contributed by atoms with Crippen LogP contribution in [0.4, 0.5) is 16.4 Å². The number of esters is 1. The van der Waals surface area contributed by atoms with Gasteiger partial charge in [0.15, 0.2) is 6.61 Å².